The predicted molar refractivity (Wildman–Crippen MR) is 122 cm³/mol. The molecule has 0 saturated carbocycles. The summed E-state index contributed by atoms with van der Waals surface area (Å²) >= 11 is 3.16. The van der Waals surface area contributed by atoms with Crippen molar-refractivity contribution in [3.63, 3.8) is 0 Å². The third-order valence-corrected chi connectivity index (χ3v) is 5.17. The number of esters is 1. The highest BCUT2D eigenvalue weighted by Gasteiger charge is 2.13. The summed E-state index contributed by atoms with van der Waals surface area (Å²) in [6.07, 6.45) is 2.84. The topological polar surface area (TPSA) is 116 Å². The standard InChI is InChI=1S/C22H19BrN4O5/c1-14-18(15(2)26(25-14)16-6-4-3-5-7-16)9-11-22(29)32-13-21(28)24-20-10-8-17(27(30)31)12-19(20)23/h3-12H,13H2,1-2H3,(H,24,28)/b11-9+. The van der Waals surface area contributed by atoms with Crippen LogP contribution in [0.1, 0.15) is 17.0 Å². The molecule has 0 atom stereocenters. The van der Waals surface area contributed by atoms with E-state index < -0.39 is 23.4 Å². The van der Waals surface area contributed by atoms with Crippen molar-refractivity contribution < 1.29 is 19.2 Å². The van der Waals surface area contributed by atoms with E-state index in [0.29, 0.717) is 10.2 Å². The molecule has 0 unspecified atom stereocenters. The molecule has 1 heterocycles. The van der Waals surface area contributed by atoms with Gasteiger partial charge in [-0.25, -0.2) is 9.48 Å². The van der Waals surface area contributed by atoms with Crippen LogP contribution in [-0.2, 0) is 14.3 Å². The number of rotatable bonds is 7. The van der Waals surface area contributed by atoms with Gasteiger partial charge in [0, 0.05) is 33.9 Å². The van der Waals surface area contributed by atoms with E-state index in [2.05, 4.69) is 26.3 Å². The first kappa shape index (κ1) is 22.9. The van der Waals surface area contributed by atoms with Gasteiger partial charge in [-0.05, 0) is 54.1 Å². The molecule has 2 aromatic carbocycles. The van der Waals surface area contributed by atoms with Gasteiger partial charge in [0.2, 0.25) is 0 Å². The number of benzene rings is 2. The predicted octanol–water partition coefficient (Wildman–Crippen LogP) is 4.35. The second-order valence-electron chi connectivity index (χ2n) is 6.74. The fourth-order valence-corrected chi connectivity index (χ4v) is 3.42. The Morgan fingerprint density at radius 2 is 1.94 bits per heavy atom. The van der Waals surface area contributed by atoms with E-state index in [0.717, 1.165) is 22.6 Å². The molecule has 0 radical (unpaired) electrons. The molecule has 1 amide bonds. The van der Waals surface area contributed by atoms with Crippen LogP contribution in [0.2, 0.25) is 0 Å². The van der Waals surface area contributed by atoms with Crippen LogP contribution in [-0.4, -0.2) is 33.2 Å². The lowest BCUT2D eigenvalue weighted by molar-refractivity contribution is -0.384. The first-order chi connectivity index (χ1) is 15.3. The Balaban J connectivity index is 1.59. The zero-order valence-corrected chi connectivity index (χ0v) is 18.8. The van der Waals surface area contributed by atoms with Crippen LogP contribution in [0.5, 0.6) is 0 Å². The Labute approximate surface area is 192 Å². The number of hydrogen-bond acceptors (Lipinski definition) is 6. The first-order valence-corrected chi connectivity index (χ1v) is 10.3. The maximum absolute atomic E-state index is 12.1. The van der Waals surface area contributed by atoms with E-state index >= 15 is 0 Å². The summed E-state index contributed by atoms with van der Waals surface area (Å²) in [6.45, 7) is 3.23. The molecular weight excluding hydrogens is 480 g/mol. The van der Waals surface area contributed by atoms with Gasteiger partial charge in [0.05, 0.1) is 22.0 Å². The number of carbonyl (C=O) groups is 2. The van der Waals surface area contributed by atoms with Crippen LogP contribution >= 0.6 is 15.9 Å². The number of aryl methyl sites for hydroxylation is 1. The van der Waals surface area contributed by atoms with E-state index in [1.807, 2.05) is 44.2 Å². The van der Waals surface area contributed by atoms with E-state index in [-0.39, 0.29) is 5.69 Å². The van der Waals surface area contributed by atoms with E-state index in [9.17, 15) is 19.7 Å². The highest BCUT2D eigenvalue weighted by molar-refractivity contribution is 9.10. The third kappa shape index (κ3) is 5.46. The molecule has 0 bridgehead atoms. The molecule has 0 aliphatic rings. The van der Waals surface area contributed by atoms with Crippen LogP contribution in [0.4, 0.5) is 11.4 Å². The van der Waals surface area contributed by atoms with Crippen molar-refractivity contribution in [1.82, 2.24) is 9.78 Å². The number of amides is 1. The quantitative estimate of drug-likeness (QED) is 0.224. The second-order valence-corrected chi connectivity index (χ2v) is 7.60. The lowest BCUT2D eigenvalue weighted by Crippen LogP contribution is -2.20. The number of nitro benzene ring substituents is 1. The van der Waals surface area contributed by atoms with Gasteiger partial charge in [0.15, 0.2) is 6.61 Å². The van der Waals surface area contributed by atoms with Crippen LogP contribution in [0.25, 0.3) is 11.8 Å². The fourth-order valence-electron chi connectivity index (χ4n) is 2.96. The van der Waals surface area contributed by atoms with Crippen molar-refractivity contribution in [2.45, 2.75) is 13.8 Å². The summed E-state index contributed by atoms with van der Waals surface area (Å²) in [7, 11) is 0. The molecule has 1 aromatic heterocycles. The normalized spacial score (nSPS) is 10.8. The highest BCUT2D eigenvalue weighted by atomic mass is 79.9. The lowest BCUT2D eigenvalue weighted by atomic mass is 10.2. The Hall–Kier alpha value is -3.79. The Bertz CT molecular complexity index is 1200. The van der Waals surface area contributed by atoms with Crippen molar-refractivity contribution in [2.75, 3.05) is 11.9 Å². The molecule has 3 rings (SSSR count). The Kier molecular flexibility index (Phi) is 7.16. The summed E-state index contributed by atoms with van der Waals surface area (Å²) in [5, 5.41) is 17.8. The lowest BCUT2D eigenvalue weighted by Gasteiger charge is -2.07. The summed E-state index contributed by atoms with van der Waals surface area (Å²) in [6, 6.07) is 13.5. The first-order valence-electron chi connectivity index (χ1n) is 9.46. The van der Waals surface area contributed by atoms with Crippen molar-refractivity contribution in [3.8, 4) is 5.69 Å². The second kappa shape index (κ2) is 10.0. The molecule has 32 heavy (non-hydrogen) atoms. The highest BCUT2D eigenvalue weighted by Crippen LogP contribution is 2.27. The number of ether oxygens (including phenoxy) is 1. The maximum atomic E-state index is 12.1. The molecule has 3 aromatic rings. The van der Waals surface area contributed by atoms with E-state index in [1.165, 1.54) is 24.3 Å². The zero-order valence-electron chi connectivity index (χ0n) is 17.2. The van der Waals surface area contributed by atoms with E-state index in [4.69, 9.17) is 4.74 Å². The number of halogens is 1. The molecule has 10 heteroatoms. The van der Waals surface area contributed by atoms with Crippen molar-refractivity contribution >= 4 is 45.3 Å². The smallest absolute Gasteiger partial charge is 0.331 e. The number of nitrogens with zero attached hydrogens (tertiary/aromatic N) is 3. The number of hydrogen-bond donors (Lipinski definition) is 1. The average Bonchev–Trinajstić information content (AvgIpc) is 3.06. The number of aromatic nitrogens is 2. The van der Waals surface area contributed by atoms with Gasteiger partial charge < -0.3 is 10.1 Å². The molecular formula is C22H19BrN4O5. The van der Waals surface area contributed by atoms with Crippen molar-refractivity contribution in [3.05, 3.63) is 86.1 Å². The summed E-state index contributed by atoms with van der Waals surface area (Å²) in [4.78, 5) is 34.3. The van der Waals surface area contributed by atoms with Gasteiger partial charge in [-0.1, -0.05) is 18.2 Å². The van der Waals surface area contributed by atoms with Crippen molar-refractivity contribution in [1.29, 1.82) is 0 Å². The average molecular weight is 499 g/mol. The number of nitrogens with one attached hydrogen (secondary N) is 1. The van der Waals surface area contributed by atoms with Crippen molar-refractivity contribution in [2.24, 2.45) is 0 Å². The van der Waals surface area contributed by atoms with Crippen LogP contribution in [0, 0.1) is 24.0 Å². The number of para-hydroxylation sites is 1. The largest absolute Gasteiger partial charge is 0.452 e. The molecule has 0 saturated heterocycles. The zero-order chi connectivity index (χ0) is 23.3. The summed E-state index contributed by atoms with van der Waals surface area (Å²) in [5.41, 5.74) is 3.50. The number of carbonyl (C=O) groups excluding carboxylic acids is 2. The number of nitro groups is 1. The van der Waals surface area contributed by atoms with Gasteiger partial charge in [-0.2, -0.15) is 5.10 Å². The molecule has 0 fully saturated rings. The maximum Gasteiger partial charge on any atom is 0.331 e. The SMILES string of the molecule is Cc1nn(-c2ccccc2)c(C)c1/C=C/C(=O)OCC(=O)Nc1ccc([N+](=O)[O-])cc1Br. The monoisotopic (exact) mass is 498 g/mol. The molecule has 9 nitrogen and oxygen atoms in total. The Morgan fingerprint density at radius 1 is 1.22 bits per heavy atom. The van der Waals surface area contributed by atoms with Gasteiger partial charge in [0.1, 0.15) is 0 Å². The van der Waals surface area contributed by atoms with Gasteiger partial charge in [-0.3, -0.25) is 14.9 Å². The van der Waals surface area contributed by atoms with Crippen LogP contribution < -0.4 is 5.32 Å². The van der Waals surface area contributed by atoms with Gasteiger partial charge >= 0.3 is 5.97 Å². The molecule has 0 aliphatic heterocycles. The number of anilines is 1. The minimum absolute atomic E-state index is 0.118. The minimum atomic E-state index is -0.686. The van der Waals surface area contributed by atoms with Crippen LogP contribution in [0.15, 0.2) is 59.1 Å². The molecule has 164 valence electrons. The molecule has 0 spiro atoms. The third-order valence-electron chi connectivity index (χ3n) is 4.52. The molecule has 0 aliphatic carbocycles. The van der Waals surface area contributed by atoms with Gasteiger partial charge in [0.25, 0.3) is 11.6 Å². The van der Waals surface area contributed by atoms with E-state index in [1.54, 1.807) is 10.8 Å². The van der Waals surface area contributed by atoms with Crippen LogP contribution in [0.3, 0.4) is 0 Å². The summed E-state index contributed by atoms with van der Waals surface area (Å²) < 4.78 is 7.11. The fraction of sp³-hybridized carbons (Fsp3) is 0.136. The summed E-state index contributed by atoms with van der Waals surface area (Å²) in [5.74, 6) is -1.26. The number of non-ortho nitro benzene ring substituents is 1. The van der Waals surface area contributed by atoms with Gasteiger partial charge in [-0.15, -0.1) is 0 Å². The molecule has 1 N–H and O–H groups in total. The minimum Gasteiger partial charge on any atom is -0.452 e. The Morgan fingerprint density at radius 3 is 2.59 bits per heavy atom.